The summed E-state index contributed by atoms with van der Waals surface area (Å²) < 4.78 is 4.70. The van der Waals surface area contributed by atoms with E-state index in [2.05, 4.69) is 0 Å². The third kappa shape index (κ3) is 1.57. The van der Waals surface area contributed by atoms with Crippen LogP contribution in [0.5, 0.6) is 0 Å². The normalized spacial score (nSPS) is 24.2. The van der Waals surface area contributed by atoms with Crippen LogP contribution in [0, 0.1) is 0 Å². The summed E-state index contributed by atoms with van der Waals surface area (Å²) in [6.45, 7) is 1.33. The first kappa shape index (κ1) is 7.28. The van der Waals surface area contributed by atoms with E-state index in [1.165, 1.54) is 6.92 Å². The van der Waals surface area contributed by atoms with Crippen LogP contribution >= 0.6 is 0 Å². The molecule has 0 radical (unpaired) electrons. The van der Waals surface area contributed by atoms with Crippen LogP contribution in [0.15, 0.2) is 11.8 Å². The van der Waals surface area contributed by atoms with Gasteiger partial charge in [-0.3, -0.25) is 4.79 Å². The molecule has 0 unspecified atom stereocenters. The lowest BCUT2D eigenvalue weighted by atomic mass is 10.3. The lowest BCUT2D eigenvalue weighted by Gasteiger charge is -2.05. The highest BCUT2D eigenvalue weighted by molar-refractivity contribution is 5.67. The topological polar surface area (TPSA) is 46.5 Å². The molecule has 1 aliphatic rings. The lowest BCUT2D eigenvalue weighted by molar-refractivity contribution is -0.138. The van der Waals surface area contributed by atoms with Crippen molar-refractivity contribution in [1.29, 1.82) is 0 Å². The van der Waals surface area contributed by atoms with E-state index in [1.54, 1.807) is 6.08 Å². The van der Waals surface area contributed by atoms with Crippen LogP contribution in [0.4, 0.5) is 0 Å². The Bertz CT molecular complexity index is 172. The van der Waals surface area contributed by atoms with Crippen molar-refractivity contribution in [3.05, 3.63) is 11.8 Å². The summed E-state index contributed by atoms with van der Waals surface area (Å²) in [6.07, 6.45) is 2.64. The van der Waals surface area contributed by atoms with E-state index in [-0.39, 0.29) is 5.97 Å². The van der Waals surface area contributed by atoms with Gasteiger partial charge in [0.15, 0.2) is 0 Å². The van der Waals surface area contributed by atoms with Crippen LogP contribution in [0.1, 0.15) is 19.8 Å². The summed E-state index contributed by atoms with van der Waals surface area (Å²) in [5, 5.41) is 9.09. The Balaban J connectivity index is 2.47. The zero-order chi connectivity index (χ0) is 7.56. The Labute approximate surface area is 59.3 Å². The molecule has 0 heterocycles. The molecule has 3 nitrogen and oxygen atoms in total. The van der Waals surface area contributed by atoms with Gasteiger partial charge in [-0.2, -0.15) is 0 Å². The first-order valence-corrected chi connectivity index (χ1v) is 3.26. The van der Waals surface area contributed by atoms with E-state index in [1.807, 2.05) is 0 Å². The number of carbonyl (C=O) groups is 1. The van der Waals surface area contributed by atoms with E-state index in [9.17, 15) is 4.79 Å². The fraction of sp³-hybridized carbons (Fsp3) is 0.571. The maximum Gasteiger partial charge on any atom is 0.307 e. The van der Waals surface area contributed by atoms with Gasteiger partial charge in [0, 0.05) is 6.92 Å². The third-order valence-electron chi connectivity index (χ3n) is 1.38. The molecule has 10 heavy (non-hydrogen) atoms. The molecule has 0 fully saturated rings. The third-order valence-corrected chi connectivity index (χ3v) is 1.38. The van der Waals surface area contributed by atoms with Crippen molar-refractivity contribution in [2.75, 3.05) is 0 Å². The Morgan fingerprint density at radius 1 is 1.90 bits per heavy atom. The van der Waals surface area contributed by atoms with E-state index < -0.39 is 6.10 Å². The summed E-state index contributed by atoms with van der Waals surface area (Å²) in [4.78, 5) is 10.4. The Kier molecular flexibility index (Phi) is 2.06. The summed E-state index contributed by atoms with van der Waals surface area (Å²) in [5.74, 6) is 0.0414. The zero-order valence-electron chi connectivity index (χ0n) is 5.83. The van der Waals surface area contributed by atoms with Gasteiger partial charge in [-0.25, -0.2) is 0 Å². The van der Waals surface area contributed by atoms with Gasteiger partial charge in [-0.15, -0.1) is 0 Å². The minimum Gasteiger partial charge on any atom is -0.429 e. The molecule has 0 saturated heterocycles. The van der Waals surface area contributed by atoms with Crippen LogP contribution in [-0.2, 0) is 9.53 Å². The zero-order valence-corrected chi connectivity index (χ0v) is 5.83. The molecular formula is C7H10O3. The minimum atomic E-state index is -0.566. The highest BCUT2D eigenvalue weighted by Gasteiger charge is 2.18. The molecule has 1 N–H and O–H groups in total. The Morgan fingerprint density at radius 3 is 3.00 bits per heavy atom. The summed E-state index contributed by atoms with van der Waals surface area (Å²) in [7, 11) is 0. The molecule has 1 rings (SSSR count). The largest absolute Gasteiger partial charge is 0.429 e. The smallest absolute Gasteiger partial charge is 0.307 e. The van der Waals surface area contributed by atoms with Gasteiger partial charge < -0.3 is 9.84 Å². The monoisotopic (exact) mass is 142 g/mol. The summed E-state index contributed by atoms with van der Waals surface area (Å²) in [6, 6.07) is 0. The predicted molar refractivity (Wildman–Crippen MR) is 35.1 cm³/mol. The van der Waals surface area contributed by atoms with Crippen molar-refractivity contribution in [1.82, 2.24) is 0 Å². The van der Waals surface area contributed by atoms with Gasteiger partial charge in [0.05, 0.1) is 0 Å². The second kappa shape index (κ2) is 2.84. The maximum absolute atomic E-state index is 10.4. The lowest BCUT2D eigenvalue weighted by Crippen LogP contribution is -2.10. The van der Waals surface area contributed by atoms with Gasteiger partial charge in [0.2, 0.25) is 0 Å². The minimum absolute atomic E-state index is 0.368. The number of carbonyl (C=O) groups excluding carboxylic acids is 1. The Hall–Kier alpha value is -0.830. The van der Waals surface area contributed by atoms with Gasteiger partial charge >= 0.3 is 5.97 Å². The molecule has 0 aliphatic heterocycles. The molecule has 56 valence electrons. The van der Waals surface area contributed by atoms with E-state index >= 15 is 0 Å². The first-order valence-electron chi connectivity index (χ1n) is 3.26. The van der Waals surface area contributed by atoms with Crippen molar-refractivity contribution in [2.45, 2.75) is 25.9 Å². The Morgan fingerprint density at radius 2 is 2.60 bits per heavy atom. The van der Waals surface area contributed by atoms with Crippen LogP contribution in [-0.4, -0.2) is 17.2 Å². The van der Waals surface area contributed by atoms with Crippen LogP contribution in [0.25, 0.3) is 0 Å². The van der Waals surface area contributed by atoms with Crippen LogP contribution in [0.2, 0.25) is 0 Å². The highest BCUT2D eigenvalue weighted by Crippen LogP contribution is 2.19. The van der Waals surface area contributed by atoms with Crippen molar-refractivity contribution in [3.63, 3.8) is 0 Å². The van der Waals surface area contributed by atoms with Crippen molar-refractivity contribution in [3.8, 4) is 0 Å². The molecule has 3 heteroatoms. The number of allylic oxidation sites excluding steroid dienone is 1. The summed E-state index contributed by atoms with van der Waals surface area (Å²) >= 11 is 0. The highest BCUT2D eigenvalue weighted by atomic mass is 16.5. The molecule has 0 saturated carbocycles. The second-order valence-electron chi connectivity index (χ2n) is 2.29. The van der Waals surface area contributed by atoms with Crippen molar-refractivity contribution < 1.29 is 14.6 Å². The SMILES string of the molecule is CC(=O)OC1=CCC[C@@H]1O. The van der Waals surface area contributed by atoms with Gasteiger partial charge in [-0.05, 0) is 18.9 Å². The quantitative estimate of drug-likeness (QED) is 0.545. The van der Waals surface area contributed by atoms with Gasteiger partial charge in [-0.1, -0.05) is 0 Å². The molecule has 1 aliphatic carbocycles. The van der Waals surface area contributed by atoms with E-state index in [0.717, 1.165) is 6.42 Å². The standard InChI is InChI=1S/C7H10O3/c1-5(8)10-7-4-2-3-6(7)9/h4,6,9H,2-3H2,1H3/t6-/m0/s1. The molecule has 0 bridgehead atoms. The average molecular weight is 142 g/mol. The first-order chi connectivity index (χ1) is 4.70. The number of rotatable bonds is 1. The predicted octanol–water partition coefficient (Wildman–Crippen LogP) is 0.588. The molecule has 0 aromatic rings. The van der Waals surface area contributed by atoms with Crippen molar-refractivity contribution >= 4 is 5.97 Å². The van der Waals surface area contributed by atoms with Gasteiger partial charge in [0.25, 0.3) is 0 Å². The number of esters is 1. The number of aliphatic hydroxyl groups excluding tert-OH is 1. The molecule has 0 amide bonds. The molecule has 0 aromatic heterocycles. The molecule has 0 aromatic carbocycles. The fourth-order valence-corrected chi connectivity index (χ4v) is 0.937. The second-order valence-corrected chi connectivity index (χ2v) is 2.29. The number of ether oxygens (including phenoxy) is 1. The molecular weight excluding hydrogens is 132 g/mol. The van der Waals surface area contributed by atoms with E-state index in [4.69, 9.17) is 9.84 Å². The van der Waals surface area contributed by atoms with Crippen molar-refractivity contribution in [2.24, 2.45) is 0 Å². The van der Waals surface area contributed by atoms with Crippen LogP contribution < -0.4 is 0 Å². The number of hydrogen-bond acceptors (Lipinski definition) is 3. The summed E-state index contributed by atoms with van der Waals surface area (Å²) in [5.41, 5.74) is 0. The molecule has 0 spiro atoms. The molecule has 1 atom stereocenters. The maximum atomic E-state index is 10.4. The van der Waals surface area contributed by atoms with E-state index in [0.29, 0.717) is 12.2 Å². The van der Waals surface area contributed by atoms with Crippen LogP contribution in [0.3, 0.4) is 0 Å². The average Bonchev–Trinajstić information content (AvgIpc) is 2.15. The number of aliphatic hydroxyl groups is 1. The van der Waals surface area contributed by atoms with Gasteiger partial charge in [0.1, 0.15) is 11.9 Å². The fourth-order valence-electron chi connectivity index (χ4n) is 0.937. The number of hydrogen-bond donors (Lipinski definition) is 1.